The summed E-state index contributed by atoms with van der Waals surface area (Å²) in [7, 11) is 0. The van der Waals surface area contributed by atoms with Gasteiger partial charge in [-0.2, -0.15) is 0 Å². The lowest BCUT2D eigenvalue weighted by Crippen LogP contribution is -1.99. The van der Waals surface area contributed by atoms with Crippen molar-refractivity contribution in [3.63, 3.8) is 0 Å². The highest BCUT2D eigenvalue weighted by molar-refractivity contribution is 9.10. The van der Waals surface area contributed by atoms with Gasteiger partial charge >= 0.3 is 0 Å². The summed E-state index contributed by atoms with van der Waals surface area (Å²) in [4.78, 5) is 8.92. The zero-order chi connectivity index (χ0) is 17.4. The van der Waals surface area contributed by atoms with E-state index >= 15 is 0 Å². The molecule has 2 aromatic heterocycles. The average molecular weight is 414 g/mol. The van der Waals surface area contributed by atoms with Gasteiger partial charge in [0.15, 0.2) is 5.65 Å². The summed E-state index contributed by atoms with van der Waals surface area (Å²) < 4.78 is 3.02. The number of nitrogens with zero attached hydrogens (tertiary/aromatic N) is 3. The molecule has 0 aliphatic carbocycles. The van der Waals surface area contributed by atoms with Crippen LogP contribution in [0.5, 0.6) is 0 Å². The van der Waals surface area contributed by atoms with Gasteiger partial charge in [-0.3, -0.25) is 9.38 Å². The van der Waals surface area contributed by atoms with Gasteiger partial charge in [0, 0.05) is 33.1 Å². The molecule has 0 atom stereocenters. The van der Waals surface area contributed by atoms with Crippen LogP contribution in [0.2, 0.25) is 5.02 Å². The molecular weight excluding hydrogens is 400 g/mol. The number of aromatic nitrogens is 3. The van der Waals surface area contributed by atoms with Gasteiger partial charge < -0.3 is 5.32 Å². The number of fused-ring (bicyclic) bond motifs is 1. The van der Waals surface area contributed by atoms with Crippen molar-refractivity contribution in [3.05, 3.63) is 76.1 Å². The fourth-order valence-corrected chi connectivity index (χ4v) is 3.14. The summed E-state index contributed by atoms with van der Waals surface area (Å²) in [5.74, 6) is 0.880. The summed E-state index contributed by atoms with van der Waals surface area (Å²) in [5, 5.41) is 4.22. The van der Waals surface area contributed by atoms with Crippen LogP contribution in [0.3, 0.4) is 0 Å². The number of benzene rings is 2. The Labute approximate surface area is 158 Å². The Hall–Kier alpha value is -2.37. The number of rotatable bonds is 3. The monoisotopic (exact) mass is 412 g/mol. The van der Waals surface area contributed by atoms with E-state index in [-0.39, 0.29) is 0 Å². The standard InChI is InChI=1S/C19H14BrClN4/c1-12-15(21)3-2-4-16(12)23-19-18(13-5-7-14(20)8-6-13)24-17-11-22-9-10-25(17)19/h2-11,23H,1H3. The SMILES string of the molecule is Cc1c(Cl)cccc1Nc1c(-c2ccc(Br)cc2)nc2cnccn12. The fraction of sp³-hybridized carbons (Fsp3) is 0.0526. The Morgan fingerprint density at radius 3 is 2.72 bits per heavy atom. The van der Waals surface area contributed by atoms with E-state index in [9.17, 15) is 0 Å². The maximum absolute atomic E-state index is 6.27. The molecule has 0 unspecified atom stereocenters. The molecular formula is C19H14BrClN4. The Kier molecular flexibility index (Phi) is 4.19. The second kappa shape index (κ2) is 6.50. The van der Waals surface area contributed by atoms with Crippen molar-refractivity contribution < 1.29 is 0 Å². The molecule has 0 spiro atoms. The van der Waals surface area contributed by atoms with E-state index in [0.717, 1.165) is 43.5 Å². The maximum atomic E-state index is 6.27. The van der Waals surface area contributed by atoms with E-state index in [4.69, 9.17) is 16.6 Å². The predicted octanol–water partition coefficient (Wildman–Crippen LogP) is 5.86. The smallest absolute Gasteiger partial charge is 0.157 e. The van der Waals surface area contributed by atoms with Crippen molar-refractivity contribution in [3.8, 4) is 11.3 Å². The van der Waals surface area contributed by atoms with E-state index in [1.54, 1.807) is 12.4 Å². The van der Waals surface area contributed by atoms with Crippen LogP contribution in [0, 0.1) is 6.92 Å². The van der Waals surface area contributed by atoms with Crippen LogP contribution in [0.1, 0.15) is 5.56 Å². The van der Waals surface area contributed by atoms with Crippen LogP contribution >= 0.6 is 27.5 Å². The minimum absolute atomic E-state index is 0.727. The van der Waals surface area contributed by atoms with E-state index in [1.807, 2.05) is 60.0 Å². The lowest BCUT2D eigenvalue weighted by molar-refractivity contribution is 1.13. The van der Waals surface area contributed by atoms with Crippen LogP contribution in [0.15, 0.2) is 65.5 Å². The highest BCUT2D eigenvalue weighted by Crippen LogP contribution is 2.33. The minimum Gasteiger partial charge on any atom is -0.339 e. The van der Waals surface area contributed by atoms with Gasteiger partial charge in [0.1, 0.15) is 11.5 Å². The van der Waals surface area contributed by atoms with Crippen LogP contribution in [0.4, 0.5) is 11.5 Å². The molecule has 0 aliphatic heterocycles. The lowest BCUT2D eigenvalue weighted by atomic mass is 10.1. The second-order valence-corrected chi connectivity index (χ2v) is 6.98. The largest absolute Gasteiger partial charge is 0.339 e. The first-order valence-electron chi connectivity index (χ1n) is 7.73. The molecule has 0 bridgehead atoms. The van der Waals surface area contributed by atoms with Gasteiger partial charge in [-0.05, 0) is 36.8 Å². The summed E-state index contributed by atoms with van der Waals surface area (Å²) in [5.41, 5.74) is 4.61. The zero-order valence-corrected chi connectivity index (χ0v) is 15.7. The Morgan fingerprint density at radius 1 is 1.12 bits per heavy atom. The van der Waals surface area contributed by atoms with Gasteiger partial charge in [0.2, 0.25) is 0 Å². The molecule has 2 heterocycles. The van der Waals surface area contributed by atoms with Crippen molar-refractivity contribution >= 4 is 44.7 Å². The second-order valence-electron chi connectivity index (χ2n) is 5.66. The van der Waals surface area contributed by atoms with Gasteiger partial charge in [-0.25, -0.2) is 4.98 Å². The molecule has 0 aliphatic rings. The third-order valence-corrected chi connectivity index (χ3v) is 5.01. The zero-order valence-electron chi connectivity index (χ0n) is 13.4. The molecule has 0 saturated heterocycles. The van der Waals surface area contributed by atoms with Crippen molar-refractivity contribution in [1.29, 1.82) is 0 Å². The first-order valence-corrected chi connectivity index (χ1v) is 8.91. The highest BCUT2D eigenvalue weighted by atomic mass is 79.9. The van der Waals surface area contributed by atoms with Crippen LogP contribution in [-0.4, -0.2) is 14.4 Å². The van der Waals surface area contributed by atoms with Crippen LogP contribution in [0.25, 0.3) is 16.9 Å². The van der Waals surface area contributed by atoms with Gasteiger partial charge in [0.05, 0.1) is 6.20 Å². The number of halogens is 2. The Bertz CT molecular complexity index is 1060. The molecule has 0 saturated carbocycles. The lowest BCUT2D eigenvalue weighted by Gasteiger charge is -2.12. The van der Waals surface area contributed by atoms with Crippen LogP contribution < -0.4 is 5.32 Å². The maximum Gasteiger partial charge on any atom is 0.157 e. The molecule has 0 amide bonds. The number of imidazole rings is 1. The first kappa shape index (κ1) is 16.1. The van der Waals surface area contributed by atoms with Crippen molar-refractivity contribution in [2.24, 2.45) is 0 Å². The summed E-state index contributed by atoms with van der Waals surface area (Å²) in [6.07, 6.45) is 5.39. The Balaban J connectivity index is 1.90. The van der Waals surface area contributed by atoms with E-state index in [2.05, 4.69) is 26.2 Å². The molecule has 124 valence electrons. The Morgan fingerprint density at radius 2 is 1.92 bits per heavy atom. The molecule has 25 heavy (non-hydrogen) atoms. The fourth-order valence-electron chi connectivity index (χ4n) is 2.71. The third kappa shape index (κ3) is 3.01. The third-order valence-electron chi connectivity index (χ3n) is 4.07. The average Bonchev–Trinajstić information content (AvgIpc) is 2.98. The van der Waals surface area contributed by atoms with Crippen molar-refractivity contribution in [1.82, 2.24) is 14.4 Å². The van der Waals surface area contributed by atoms with Gasteiger partial charge in [-0.15, -0.1) is 0 Å². The number of nitrogens with one attached hydrogen (secondary N) is 1. The quantitative estimate of drug-likeness (QED) is 0.457. The number of hydrogen-bond acceptors (Lipinski definition) is 3. The van der Waals surface area contributed by atoms with Crippen molar-refractivity contribution in [2.45, 2.75) is 6.92 Å². The van der Waals surface area contributed by atoms with Gasteiger partial charge in [-0.1, -0.05) is 45.7 Å². The minimum atomic E-state index is 0.727. The number of anilines is 2. The first-order chi connectivity index (χ1) is 12.1. The molecule has 4 rings (SSSR count). The topological polar surface area (TPSA) is 42.2 Å². The summed E-state index contributed by atoms with van der Waals surface area (Å²) in [6, 6.07) is 13.9. The van der Waals surface area contributed by atoms with E-state index in [1.165, 1.54) is 0 Å². The van der Waals surface area contributed by atoms with E-state index < -0.39 is 0 Å². The summed E-state index contributed by atoms with van der Waals surface area (Å²) in [6.45, 7) is 1.99. The molecule has 0 radical (unpaired) electrons. The van der Waals surface area contributed by atoms with Crippen molar-refractivity contribution in [2.75, 3.05) is 5.32 Å². The summed E-state index contributed by atoms with van der Waals surface area (Å²) >= 11 is 9.75. The molecule has 4 aromatic rings. The molecule has 2 aromatic carbocycles. The van der Waals surface area contributed by atoms with Crippen LogP contribution in [-0.2, 0) is 0 Å². The van der Waals surface area contributed by atoms with Gasteiger partial charge in [0.25, 0.3) is 0 Å². The normalized spacial score (nSPS) is 11.0. The molecule has 1 N–H and O–H groups in total. The predicted molar refractivity (Wildman–Crippen MR) is 106 cm³/mol. The molecule has 6 heteroatoms. The van der Waals surface area contributed by atoms with E-state index in [0.29, 0.717) is 0 Å². The highest BCUT2D eigenvalue weighted by Gasteiger charge is 2.15. The number of hydrogen-bond donors (Lipinski definition) is 1. The molecule has 0 fully saturated rings. The molecule has 4 nitrogen and oxygen atoms in total.